The largest absolute Gasteiger partial charge is 0.489 e. The van der Waals surface area contributed by atoms with Crippen LogP contribution in [0, 0.1) is 11.8 Å². The second-order valence-corrected chi connectivity index (χ2v) is 8.56. The lowest BCUT2D eigenvalue weighted by atomic mass is 9.94. The predicted octanol–water partition coefficient (Wildman–Crippen LogP) is 3.18. The number of anilines is 1. The van der Waals surface area contributed by atoms with Crippen LogP contribution in [-0.4, -0.2) is 67.0 Å². The number of imide groups is 1. The first-order chi connectivity index (χ1) is 14.4. The van der Waals surface area contributed by atoms with Crippen LogP contribution in [0.2, 0.25) is 0 Å². The highest BCUT2D eigenvalue weighted by molar-refractivity contribution is 6.04. The van der Waals surface area contributed by atoms with Gasteiger partial charge in [-0.05, 0) is 45.4 Å². The highest BCUT2D eigenvalue weighted by Gasteiger charge is 2.43. The Morgan fingerprint density at radius 1 is 1.10 bits per heavy atom. The summed E-state index contributed by atoms with van der Waals surface area (Å²) < 4.78 is 5.97. The minimum absolute atomic E-state index is 0.0287. The molecule has 2 atom stereocenters. The quantitative estimate of drug-likeness (QED) is 0.460. The van der Waals surface area contributed by atoms with E-state index in [1.807, 2.05) is 32.9 Å². The number of para-hydroxylation sites is 2. The van der Waals surface area contributed by atoms with Crippen molar-refractivity contribution in [1.29, 1.82) is 0 Å². The van der Waals surface area contributed by atoms with Gasteiger partial charge in [0.25, 0.3) is 0 Å². The van der Waals surface area contributed by atoms with E-state index in [1.54, 1.807) is 6.08 Å². The third kappa shape index (κ3) is 5.04. The van der Waals surface area contributed by atoms with Crippen molar-refractivity contribution in [3.8, 4) is 5.75 Å². The zero-order valence-electron chi connectivity index (χ0n) is 18.5. The number of piperazine rings is 1. The molecule has 2 amide bonds. The van der Waals surface area contributed by atoms with Crippen LogP contribution in [-0.2, 0) is 9.59 Å². The Hall–Kier alpha value is -2.34. The molecule has 2 saturated heterocycles. The lowest BCUT2D eigenvalue weighted by molar-refractivity contribution is -0.139. The molecule has 2 unspecified atom stereocenters. The van der Waals surface area contributed by atoms with Gasteiger partial charge in [-0.1, -0.05) is 25.1 Å². The first-order valence-electron chi connectivity index (χ1n) is 11.1. The maximum atomic E-state index is 12.5. The van der Waals surface area contributed by atoms with Gasteiger partial charge in [0.15, 0.2) is 0 Å². The lowest BCUT2D eigenvalue weighted by Crippen LogP contribution is -2.47. The molecule has 2 aliphatic rings. The highest BCUT2D eigenvalue weighted by Crippen LogP contribution is 2.30. The number of likely N-dealkylation sites (tertiary alicyclic amines) is 1. The second kappa shape index (κ2) is 10.1. The van der Waals surface area contributed by atoms with Crippen molar-refractivity contribution < 1.29 is 14.3 Å². The topological polar surface area (TPSA) is 53.1 Å². The molecule has 6 heteroatoms. The molecule has 2 aliphatic heterocycles. The SMILES string of the molecule is C=CCC1C(=O)N(CCCN2CCN(c3ccccc3OC(C)C)CC2)C(=O)C1C. The Balaban J connectivity index is 1.47. The van der Waals surface area contributed by atoms with Gasteiger partial charge in [-0.15, -0.1) is 6.58 Å². The fourth-order valence-corrected chi connectivity index (χ4v) is 4.38. The fourth-order valence-electron chi connectivity index (χ4n) is 4.38. The zero-order chi connectivity index (χ0) is 21.7. The van der Waals surface area contributed by atoms with E-state index in [0.717, 1.165) is 50.6 Å². The summed E-state index contributed by atoms with van der Waals surface area (Å²) in [6.45, 7) is 14.9. The summed E-state index contributed by atoms with van der Waals surface area (Å²) in [4.78, 5) is 31.2. The summed E-state index contributed by atoms with van der Waals surface area (Å²) in [5.41, 5.74) is 1.15. The van der Waals surface area contributed by atoms with Crippen LogP contribution in [0.4, 0.5) is 5.69 Å². The molecule has 1 aromatic carbocycles. The maximum absolute atomic E-state index is 12.5. The van der Waals surface area contributed by atoms with Crippen molar-refractivity contribution in [2.24, 2.45) is 11.8 Å². The molecule has 164 valence electrons. The van der Waals surface area contributed by atoms with Crippen LogP contribution < -0.4 is 9.64 Å². The molecule has 0 aliphatic carbocycles. The molecule has 0 saturated carbocycles. The summed E-state index contributed by atoms with van der Waals surface area (Å²) in [6.07, 6.45) is 3.28. The van der Waals surface area contributed by atoms with Gasteiger partial charge in [-0.3, -0.25) is 19.4 Å². The van der Waals surface area contributed by atoms with Gasteiger partial charge in [0.05, 0.1) is 17.7 Å². The van der Waals surface area contributed by atoms with Gasteiger partial charge < -0.3 is 9.64 Å². The Kier molecular flexibility index (Phi) is 7.53. The first kappa shape index (κ1) is 22.3. The average Bonchev–Trinajstić information content (AvgIpc) is 2.93. The summed E-state index contributed by atoms with van der Waals surface area (Å²) >= 11 is 0. The minimum Gasteiger partial charge on any atom is -0.489 e. The molecule has 0 N–H and O–H groups in total. The van der Waals surface area contributed by atoms with E-state index in [1.165, 1.54) is 4.90 Å². The predicted molar refractivity (Wildman–Crippen MR) is 120 cm³/mol. The van der Waals surface area contributed by atoms with E-state index < -0.39 is 0 Å². The summed E-state index contributed by atoms with van der Waals surface area (Å²) in [5.74, 6) is 0.423. The van der Waals surface area contributed by atoms with Crippen molar-refractivity contribution >= 4 is 17.5 Å². The molecule has 0 bridgehead atoms. The van der Waals surface area contributed by atoms with Crippen LogP contribution in [0.5, 0.6) is 5.75 Å². The van der Waals surface area contributed by atoms with Gasteiger partial charge in [0.1, 0.15) is 5.75 Å². The number of ether oxygens (including phenoxy) is 1. The van der Waals surface area contributed by atoms with Gasteiger partial charge >= 0.3 is 0 Å². The van der Waals surface area contributed by atoms with E-state index in [0.29, 0.717) is 13.0 Å². The number of carbonyl (C=O) groups is 2. The van der Waals surface area contributed by atoms with Crippen LogP contribution in [0.1, 0.15) is 33.6 Å². The lowest BCUT2D eigenvalue weighted by Gasteiger charge is -2.37. The van der Waals surface area contributed by atoms with Crippen molar-refractivity contribution in [3.05, 3.63) is 36.9 Å². The van der Waals surface area contributed by atoms with E-state index in [-0.39, 0.29) is 29.8 Å². The van der Waals surface area contributed by atoms with E-state index in [2.05, 4.69) is 28.5 Å². The Morgan fingerprint density at radius 2 is 1.80 bits per heavy atom. The molecule has 0 spiro atoms. The van der Waals surface area contributed by atoms with Gasteiger partial charge in [-0.2, -0.15) is 0 Å². The van der Waals surface area contributed by atoms with E-state index >= 15 is 0 Å². The monoisotopic (exact) mass is 413 g/mol. The number of rotatable bonds is 9. The number of hydrogen-bond acceptors (Lipinski definition) is 5. The van der Waals surface area contributed by atoms with Crippen LogP contribution in [0.15, 0.2) is 36.9 Å². The molecule has 2 fully saturated rings. The van der Waals surface area contributed by atoms with E-state index in [4.69, 9.17) is 4.74 Å². The molecule has 0 radical (unpaired) electrons. The van der Waals surface area contributed by atoms with Crippen molar-refractivity contribution in [1.82, 2.24) is 9.80 Å². The van der Waals surface area contributed by atoms with E-state index in [9.17, 15) is 9.59 Å². The molecule has 0 aromatic heterocycles. The van der Waals surface area contributed by atoms with Gasteiger partial charge in [0, 0.05) is 38.6 Å². The molecule has 1 aromatic rings. The molecule has 30 heavy (non-hydrogen) atoms. The van der Waals surface area contributed by atoms with Crippen molar-refractivity contribution in [2.45, 2.75) is 39.7 Å². The third-order valence-electron chi connectivity index (χ3n) is 6.06. The molecular weight excluding hydrogens is 378 g/mol. The molecule has 2 heterocycles. The number of nitrogens with zero attached hydrogens (tertiary/aromatic N) is 3. The van der Waals surface area contributed by atoms with Crippen molar-refractivity contribution in [3.63, 3.8) is 0 Å². The second-order valence-electron chi connectivity index (χ2n) is 8.56. The van der Waals surface area contributed by atoms with Gasteiger partial charge in [-0.25, -0.2) is 0 Å². The molecule has 6 nitrogen and oxygen atoms in total. The van der Waals surface area contributed by atoms with Crippen LogP contribution in [0.25, 0.3) is 0 Å². The number of allylic oxidation sites excluding steroid dienone is 1. The first-order valence-corrected chi connectivity index (χ1v) is 11.1. The zero-order valence-corrected chi connectivity index (χ0v) is 18.5. The fraction of sp³-hybridized carbons (Fsp3) is 0.583. The third-order valence-corrected chi connectivity index (χ3v) is 6.06. The molecular formula is C24H35N3O3. The number of amides is 2. The summed E-state index contributed by atoms with van der Waals surface area (Å²) in [5, 5.41) is 0. The summed E-state index contributed by atoms with van der Waals surface area (Å²) in [6, 6.07) is 8.23. The van der Waals surface area contributed by atoms with Gasteiger partial charge in [0.2, 0.25) is 11.8 Å². The standard InChI is InChI=1S/C24H35N3O3/c1-5-9-20-19(4)23(28)27(24(20)29)13-8-12-25-14-16-26(17-15-25)21-10-6-7-11-22(21)30-18(2)3/h5-7,10-11,18-20H,1,8-9,12-17H2,2-4H3. The Morgan fingerprint density at radius 3 is 2.47 bits per heavy atom. The minimum atomic E-state index is -0.230. The smallest absolute Gasteiger partial charge is 0.233 e. The average molecular weight is 414 g/mol. The highest BCUT2D eigenvalue weighted by atomic mass is 16.5. The summed E-state index contributed by atoms with van der Waals surface area (Å²) in [7, 11) is 0. The van der Waals surface area contributed by atoms with Crippen LogP contribution in [0.3, 0.4) is 0 Å². The van der Waals surface area contributed by atoms with Crippen molar-refractivity contribution in [2.75, 3.05) is 44.2 Å². The Bertz CT molecular complexity index is 756. The van der Waals surface area contributed by atoms with Crippen LogP contribution >= 0.6 is 0 Å². The number of benzene rings is 1. The molecule has 3 rings (SSSR count). The maximum Gasteiger partial charge on any atom is 0.233 e. The normalized spacial score (nSPS) is 22.8. The number of hydrogen-bond donors (Lipinski definition) is 0. The number of carbonyl (C=O) groups excluding carboxylic acids is 2. The Labute approximate surface area is 180 Å².